The lowest BCUT2D eigenvalue weighted by atomic mass is 10.1. The molecule has 0 spiro atoms. The molecule has 0 fully saturated rings. The number of aromatic carboxylic acids is 1. The van der Waals surface area contributed by atoms with Gasteiger partial charge in [0.15, 0.2) is 0 Å². The number of carbonyl (C=O) groups is 1. The molecule has 0 saturated heterocycles. The predicted octanol–water partition coefficient (Wildman–Crippen LogP) is 2.97. The van der Waals surface area contributed by atoms with E-state index in [4.69, 9.17) is 5.11 Å². The van der Waals surface area contributed by atoms with Gasteiger partial charge in [-0.25, -0.2) is 9.18 Å². The lowest BCUT2D eigenvalue weighted by Gasteiger charge is -2.04. The fourth-order valence-corrected chi connectivity index (χ4v) is 1.68. The van der Waals surface area contributed by atoms with E-state index < -0.39 is 11.8 Å². The molecule has 5 heteroatoms. The van der Waals surface area contributed by atoms with E-state index >= 15 is 0 Å². The molecule has 0 amide bonds. The van der Waals surface area contributed by atoms with Crippen LogP contribution in [0.1, 0.15) is 30.2 Å². The summed E-state index contributed by atoms with van der Waals surface area (Å²) in [5.74, 6) is -2.00. The Kier molecular flexibility index (Phi) is 3.14. The van der Waals surface area contributed by atoms with Crippen molar-refractivity contribution >= 4 is 5.97 Å². The topological polar surface area (TPSA) is 55.1 Å². The van der Waals surface area contributed by atoms with Gasteiger partial charge in [0.2, 0.25) is 0 Å². The second-order valence-corrected chi connectivity index (χ2v) is 4.28. The smallest absolute Gasteiger partial charge is 0.338 e. The number of aromatic nitrogens is 2. The largest absolute Gasteiger partial charge is 0.478 e. The van der Waals surface area contributed by atoms with E-state index in [0.29, 0.717) is 5.56 Å². The van der Waals surface area contributed by atoms with Gasteiger partial charge in [0.05, 0.1) is 11.8 Å². The highest BCUT2D eigenvalue weighted by Crippen LogP contribution is 2.25. The number of hydrogen-bond donors (Lipinski definition) is 1. The Labute approximate surface area is 104 Å². The van der Waals surface area contributed by atoms with Crippen LogP contribution in [-0.2, 0) is 0 Å². The van der Waals surface area contributed by atoms with Crippen LogP contribution in [-0.4, -0.2) is 20.9 Å². The van der Waals surface area contributed by atoms with Gasteiger partial charge in [-0.15, -0.1) is 0 Å². The first kappa shape index (κ1) is 12.3. The Bertz CT molecular complexity index is 590. The van der Waals surface area contributed by atoms with Gasteiger partial charge < -0.3 is 5.11 Å². The van der Waals surface area contributed by atoms with Crippen LogP contribution < -0.4 is 0 Å². The second-order valence-electron chi connectivity index (χ2n) is 4.28. The highest BCUT2D eigenvalue weighted by atomic mass is 19.1. The minimum atomic E-state index is -1.27. The van der Waals surface area contributed by atoms with Crippen molar-refractivity contribution in [1.29, 1.82) is 0 Å². The number of hydrogen-bond acceptors (Lipinski definition) is 2. The molecule has 2 aromatic rings. The van der Waals surface area contributed by atoms with Crippen LogP contribution in [0.15, 0.2) is 30.6 Å². The fourth-order valence-electron chi connectivity index (χ4n) is 1.68. The molecule has 1 aromatic heterocycles. The SMILES string of the molecule is CC(C)n1cc(-c2cccc(C(=O)O)c2F)cn1. The van der Waals surface area contributed by atoms with E-state index in [0.717, 1.165) is 0 Å². The molecule has 1 N–H and O–H groups in total. The summed E-state index contributed by atoms with van der Waals surface area (Å²) in [6.07, 6.45) is 3.23. The summed E-state index contributed by atoms with van der Waals surface area (Å²) in [7, 11) is 0. The number of nitrogens with zero attached hydrogens (tertiary/aromatic N) is 2. The number of rotatable bonds is 3. The molecule has 94 valence electrons. The van der Waals surface area contributed by atoms with Crippen molar-refractivity contribution in [2.24, 2.45) is 0 Å². The zero-order valence-corrected chi connectivity index (χ0v) is 10.1. The minimum absolute atomic E-state index is 0.171. The average Bonchev–Trinajstić information content (AvgIpc) is 2.78. The zero-order valence-electron chi connectivity index (χ0n) is 10.1. The second kappa shape index (κ2) is 4.60. The van der Waals surface area contributed by atoms with Gasteiger partial charge in [-0.05, 0) is 19.9 Å². The van der Waals surface area contributed by atoms with Gasteiger partial charge in [0.25, 0.3) is 0 Å². The third kappa shape index (κ3) is 2.11. The summed E-state index contributed by atoms with van der Waals surface area (Å²) in [4.78, 5) is 10.9. The summed E-state index contributed by atoms with van der Waals surface area (Å²) in [6.45, 7) is 3.92. The number of benzene rings is 1. The summed E-state index contributed by atoms with van der Waals surface area (Å²) in [5.41, 5.74) is 0.496. The highest BCUT2D eigenvalue weighted by Gasteiger charge is 2.16. The lowest BCUT2D eigenvalue weighted by molar-refractivity contribution is 0.0692. The Hall–Kier alpha value is -2.17. The van der Waals surface area contributed by atoms with Crippen molar-refractivity contribution < 1.29 is 14.3 Å². The van der Waals surface area contributed by atoms with Crippen LogP contribution >= 0.6 is 0 Å². The van der Waals surface area contributed by atoms with Crippen LogP contribution in [0.3, 0.4) is 0 Å². The number of carboxylic acid groups (broad SMARTS) is 1. The highest BCUT2D eigenvalue weighted by molar-refractivity contribution is 5.89. The molecule has 0 radical (unpaired) electrons. The molecule has 0 aliphatic carbocycles. The van der Waals surface area contributed by atoms with E-state index in [1.54, 1.807) is 16.9 Å². The third-order valence-corrected chi connectivity index (χ3v) is 2.67. The van der Waals surface area contributed by atoms with Crippen molar-refractivity contribution in [2.45, 2.75) is 19.9 Å². The van der Waals surface area contributed by atoms with Gasteiger partial charge in [0.1, 0.15) is 5.82 Å². The van der Waals surface area contributed by atoms with Gasteiger partial charge in [-0.2, -0.15) is 5.10 Å². The van der Waals surface area contributed by atoms with Crippen molar-refractivity contribution in [3.8, 4) is 11.1 Å². The first-order valence-electron chi connectivity index (χ1n) is 5.57. The first-order valence-corrected chi connectivity index (χ1v) is 5.57. The molecular formula is C13H13FN2O2. The van der Waals surface area contributed by atoms with Crippen LogP contribution in [0.4, 0.5) is 4.39 Å². The Morgan fingerprint density at radius 2 is 2.17 bits per heavy atom. The first-order chi connectivity index (χ1) is 8.50. The van der Waals surface area contributed by atoms with Crippen molar-refractivity contribution in [3.63, 3.8) is 0 Å². The molecule has 18 heavy (non-hydrogen) atoms. The molecule has 0 bridgehead atoms. The van der Waals surface area contributed by atoms with Gasteiger partial charge in [0, 0.05) is 23.4 Å². The summed E-state index contributed by atoms with van der Waals surface area (Å²) in [5, 5.41) is 13.0. The molecule has 2 rings (SSSR count). The lowest BCUT2D eigenvalue weighted by Crippen LogP contribution is -2.01. The van der Waals surface area contributed by atoms with Crippen LogP contribution in [0.2, 0.25) is 0 Å². The molecule has 0 unspecified atom stereocenters. The molecule has 4 nitrogen and oxygen atoms in total. The van der Waals surface area contributed by atoms with Crippen molar-refractivity contribution in [1.82, 2.24) is 9.78 Å². The molecule has 0 aliphatic rings. The average molecular weight is 248 g/mol. The Balaban J connectivity index is 2.50. The molecule has 1 aromatic carbocycles. The fraction of sp³-hybridized carbons (Fsp3) is 0.231. The van der Waals surface area contributed by atoms with E-state index in [2.05, 4.69) is 5.10 Å². The number of carboxylic acids is 1. The van der Waals surface area contributed by atoms with E-state index in [9.17, 15) is 9.18 Å². The van der Waals surface area contributed by atoms with Crippen LogP contribution in [0.25, 0.3) is 11.1 Å². The van der Waals surface area contributed by atoms with Gasteiger partial charge in [-0.1, -0.05) is 12.1 Å². The Morgan fingerprint density at radius 1 is 1.44 bits per heavy atom. The summed E-state index contributed by atoms with van der Waals surface area (Å²) >= 11 is 0. The normalized spacial score (nSPS) is 10.9. The maximum atomic E-state index is 14.0. The molecule has 1 heterocycles. The maximum absolute atomic E-state index is 14.0. The summed E-state index contributed by atoms with van der Waals surface area (Å²) < 4.78 is 15.7. The van der Waals surface area contributed by atoms with E-state index in [-0.39, 0.29) is 17.2 Å². The van der Waals surface area contributed by atoms with E-state index in [1.807, 2.05) is 13.8 Å². The number of halogens is 1. The van der Waals surface area contributed by atoms with Gasteiger partial charge in [-0.3, -0.25) is 4.68 Å². The monoisotopic (exact) mass is 248 g/mol. The molecule has 0 aliphatic heterocycles. The third-order valence-electron chi connectivity index (χ3n) is 2.67. The molecular weight excluding hydrogens is 235 g/mol. The van der Waals surface area contributed by atoms with Crippen molar-refractivity contribution in [3.05, 3.63) is 42.0 Å². The van der Waals surface area contributed by atoms with Crippen LogP contribution in [0, 0.1) is 5.82 Å². The zero-order chi connectivity index (χ0) is 13.3. The van der Waals surface area contributed by atoms with E-state index in [1.165, 1.54) is 18.3 Å². The predicted molar refractivity (Wildman–Crippen MR) is 65.0 cm³/mol. The molecule has 0 saturated carbocycles. The Morgan fingerprint density at radius 3 is 2.72 bits per heavy atom. The van der Waals surface area contributed by atoms with Crippen molar-refractivity contribution in [2.75, 3.05) is 0 Å². The standard InChI is InChI=1S/C13H13FN2O2/c1-8(2)16-7-9(6-15-16)10-4-3-5-11(12(10)14)13(17)18/h3-8H,1-2H3,(H,17,18). The quantitative estimate of drug-likeness (QED) is 0.908. The van der Waals surface area contributed by atoms with Crippen LogP contribution in [0.5, 0.6) is 0 Å². The minimum Gasteiger partial charge on any atom is -0.478 e. The summed E-state index contributed by atoms with van der Waals surface area (Å²) in [6, 6.07) is 4.48. The molecule has 0 atom stereocenters. The van der Waals surface area contributed by atoms with Gasteiger partial charge >= 0.3 is 5.97 Å². The maximum Gasteiger partial charge on any atom is 0.338 e.